The molecule has 0 bridgehead atoms. The minimum atomic E-state index is -0.911. The maximum Gasteiger partial charge on any atom is 0.341 e. The SMILES string of the molecule is C[C@]1(CBr)OC(C(Br)(Br)Br)OC1=O. The van der Waals surface area contributed by atoms with E-state index in [1.54, 1.807) is 6.92 Å². The number of esters is 1. The van der Waals surface area contributed by atoms with Crippen molar-refractivity contribution in [1.29, 1.82) is 0 Å². The van der Waals surface area contributed by atoms with Crippen molar-refractivity contribution < 1.29 is 14.3 Å². The van der Waals surface area contributed by atoms with Crippen LogP contribution in [0, 0.1) is 0 Å². The van der Waals surface area contributed by atoms with Gasteiger partial charge in [-0.1, -0.05) is 63.7 Å². The molecule has 2 atom stereocenters. The van der Waals surface area contributed by atoms with Crippen molar-refractivity contribution in [3.05, 3.63) is 0 Å². The summed E-state index contributed by atoms with van der Waals surface area (Å²) >= 11 is 12.9. The van der Waals surface area contributed by atoms with Gasteiger partial charge in [-0.25, -0.2) is 4.79 Å². The van der Waals surface area contributed by atoms with E-state index in [9.17, 15) is 4.79 Å². The molecule has 0 aromatic rings. The van der Waals surface area contributed by atoms with Crippen LogP contribution in [0.15, 0.2) is 0 Å². The predicted molar refractivity (Wildman–Crippen MR) is 62.7 cm³/mol. The summed E-state index contributed by atoms with van der Waals surface area (Å²) in [6, 6.07) is 0. The van der Waals surface area contributed by atoms with Gasteiger partial charge in [0.2, 0.25) is 6.29 Å². The summed E-state index contributed by atoms with van der Waals surface area (Å²) < 4.78 is 9.68. The molecule has 1 rings (SSSR count). The molecule has 0 spiro atoms. The van der Waals surface area contributed by atoms with Gasteiger partial charge in [0.1, 0.15) is 0 Å². The van der Waals surface area contributed by atoms with Crippen molar-refractivity contribution in [2.45, 2.75) is 21.0 Å². The largest absolute Gasteiger partial charge is 0.430 e. The zero-order chi connectivity index (χ0) is 10.3. The number of cyclic esters (lactones) is 1. The molecule has 0 aromatic heterocycles. The summed E-state index contributed by atoms with van der Waals surface area (Å²) in [6.45, 7) is 1.67. The minimum absolute atomic E-state index is 0.378. The standard InChI is InChI=1S/C6H6Br4O3/c1-5(2-7)3(11)12-4(13-5)6(8,9)10/h4H,2H2,1H3/t4?,5-/m1/s1. The number of alkyl halides is 4. The van der Waals surface area contributed by atoms with Crippen LogP contribution in [0.5, 0.6) is 0 Å². The molecule has 1 aliphatic rings. The van der Waals surface area contributed by atoms with E-state index in [1.165, 1.54) is 0 Å². The first-order valence-electron chi connectivity index (χ1n) is 3.31. The van der Waals surface area contributed by atoms with Gasteiger partial charge < -0.3 is 9.47 Å². The lowest BCUT2D eigenvalue weighted by Crippen LogP contribution is -2.35. The predicted octanol–water partition coefficient (Wildman–Crippen LogP) is 2.88. The highest BCUT2D eigenvalue weighted by Crippen LogP contribution is 2.44. The van der Waals surface area contributed by atoms with Crippen LogP contribution in [0.1, 0.15) is 6.92 Å². The first kappa shape index (κ1) is 12.4. The molecule has 1 unspecified atom stereocenters. The van der Waals surface area contributed by atoms with Crippen LogP contribution in [0.2, 0.25) is 0 Å². The zero-order valence-corrected chi connectivity index (χ0v) is 12.9. The van der Waals surface area contributed by atoms with E-state index in [2.05, 4.69) is 63.7 Å². The van der Waals surface area contributed by atoms with Crippen LogP contribution in [0.4, 0.5) is 0 Å². The molecule has 76 valence electrons. The second kappa shape index (κ2) is 4.08. The van der Waals surface area contributed by atoms with Gasteiger partial charge in [-0.2, -0.15) is 0 Å². The molecule has 0 radical (unpaired) electrons. The van der Waals surface area contributed by atoms with Crippen LogP contribution in [-0.2, 0) is 14.3 Å². The number of carbonyl (C=O) groups is 1. The third kappa shape index (κ3) is 2.68. The van der Waals surface area contributed by atoms with Gasteiger partial charge in [-0.05, 0) is 6.92 Å². The second-order valence-electron chi connectivity index (χ2n) is 2.76. The Morgan fingerprint density at radius 1 is 1.54 bits per heavy atom. The van der Waals surface area contributed by atoms with E-state index in [0.29, 0.717) is 5.33 Å². The highest BCUT2D eigenvalue weighted by molar-refractivity contribution is 9.39. The molecule has 0 amide bonds. The summed E-state index contributed by atoms with van der Waals surface area (Å²) in [5.41, 5.74) is -0.911. The van der Waals surface area contributed by atoms with Crippen LogP contribution in [0.25, 0.3) is 0 Å². The molecule has 0 aromatic carbocycles. The molecule has 1 aliphatic heterocycles. The fourth-order valence-corrected chi connectivity index (χ4v) is 1.67. The Labute approximate surface area is 109 Å². The van der Waals surface area contributed by atoms with Crippen LogP contribution in [0.3, 0.4) is 0 Å². The Morgan fingerprint density at radius 2 is 2.08 bits per heavy atom. The van der Waals surface area contributed by atoms with Gasteiger partial charge >= 0.3 is 5.97 Å². The van der Waals surface area contributed by atoms with Gasteiger partial charge in [0, 0.05) is 5.33 Å². The maximum atomic E-state index is 11.3. The van der Waals surface area contributed by atoms with E-state index in [0.717, 1.165) is 0 Å². The number of halogens is 4. The highest BCUT2D eigenvalue weighted by Gasteiger charge is 2.52. The Balaban J connectivity index is 2.77. The zero-order valence-electron chi connectivity index (χ0n) is 6.52. The summed E-state index contributed by atoms with van der Waals surface area (Å²) in [6.07, 6.45) is -0.692. The van der Waals surface area contributed by atoms with E-state index in [4.69, 9.17) is 9.47 Å². The van der Waals surface area contributed by atoms with Gasteiger partial charge in [0.25, 0.3) is 0 Å². The number of carbonyl (C=O) groups excluding carboxylic acids is 1. The first-order chi connectivity index (χ1) is 5.79. The van der Waals surface area contributed by atoms with Crippen molar-refractivity contribution in [1.82, 2.24) is 0 Å². The molecular formula is C6H6Br4O3. The minimum Gasteiger partial charge on any atom is -0.430 e. The van der Waals surface area contributed by atoms with Gasteiger partial charge in [0.15, 0.2) is 7.74 Å². The lowest BCUT2D eigenvalue weighted by molar-refractivity contribution is -0.144. The Hall–Kier alpha value is 1.35. The fraction of sp³-hybridized carbons (Fsp3) is 0.833. The molecule has 1 heterocycles. The average molecular weight is 446 g/mol. The Bertz CT molecular complexity index is 226. The van der Waals surface area contributed by atoms with Gasteiger partial charge in [0.05, 0.1) is 0 Å². The third-order valence-corrected chi connectivity index (χ3v) is 3.73. The monoisotopic (exact) mass is 442 g/mol. The molecule has 0 N–H and O–H groups in total. The number of ether oxygens (including phenoxy) is 2. The Kier molecular flexibility index (Phi) is 3.89. The molecule has 1 saturated heterocycles. The summed E-state index contributed by atoms with van der Waals surface area (Å²) in [5.74, 6) is -0.378. The van der Waals surface area contributed by atoms with Crippen molar-refractivity contribution in [3.8, 4) is 0 Å². The molecule has 7 heteroatoms. The average Bonchev–Trinajstić information content (AvgIpc) is 2.29. The smallest absolute Gasteiger partial charge is 0.341 e. The molecule has 13 heavy (non-hydrogen) atoms. The molecule has 0 saturated carbocycles. The Morgan fingerprint density at radius 3 is 2.31 bits per heavy atom. The van der Waals surface area contributed by atoms with Crippen LogP contribution >= 0.6 is 63.7 Å². The fourth-order valence-electron chi connectivity index (χ4n) is 0.750. The molecule has 0 aliphatic carbocycles. The van der Waals surface area contributed by atoms with Crippen molar-refractivity contribution in [3.63, 3.8) is 0 Å². The van der Waals surface area contributed by atoms with E-state index >= 15 is 0 Å². The second-order valence-corrected chi connectivity index (χ2v) is 10.3. The quantitative estimate of drug-likeness (QED) is 0.460. The molecular weight excluding hydrogens is 440 g/mol. The van der Waals surface area contributed by atoms with Crippen LogP contribution in [-0.4, -0.2) is 25.3 Å². The molecule has 3 nitrogen and oxygen atoms in total. The number of rotatable bonds is 1. The number of hydrogen-bond donors (Lipinski definition) is 0. The first-order valence-corrected chi connectivity index (χ1v) is 6.81. The van der Waals surface area contributed by atoms with Crippen molar-refractivity contribution in [2.75, 3.05) is 5.33 Å². The van der Waals surface area contributed by atoms with Crippen molar-refractivity contribution in [2.24, 2.45) is 0 Å². The number of hydrogen-bond acceptors (Lipinski definition) is 3. The topological polar surface area (TPSA) is 35.5 Å². The van der Waals surface area contributed by atoms with Gasteiger partial charge in [-0.15, -0.1) is 0 Å². The van der Waals surface area contributed by atoms with Crippen LogP contribution < -0.4 is 0 Å². The highest BCUT2D eigenvalue weighted by atomic mass is 80.0. The normalized spacial score (nSPS) is 34.8. The van der Waals surface area contributed by atoms with E-state index in [-0.39, 0.29) is 5.97 Å². The lowest BCUT2D eigenvalue weighted by atomic mass is 10.1. The summed E-state index contributed by atoms with van der Waals surface area (Å²) in [4.78, 5) is 11.3. The van der Waals surface area contributed by atoms with E-state index in [1.807, 2.05) is 0 Å². The van der Waals surface area contributed by atoms with Gasteiger partial charge in [-0.3, -0.25) is 0 Å². The summed E-state index contributed by atoms with van der Waals surface area (Å²) in [7, 11) is 0. The van der Waals surface area contributed by atoms with E-state index < -0.39 is 14.0 Å². The maximum absolute atomic E-state index is 11.3. The van der Waals surface area contributed by atoms with Crippen molar-refractivity contribution >= 4 is 69.7 Å². The summed E-state index contributed by atoms with van der Waals surface area (Å²) in [5, 5.41) is 0.401. The lowest BCUT2D eigenvalue weighted by Gasteiger charge is -2.20. The third-order valence-electron chi connectivity index (χ3n) is 1.54. The molecule has 1 fully saturated rings.